The first-order chi connectivity index (χ1) is 9.33. The zero-order chi connectivity index (χ0) is 13.5. The Bertz CT molecular complexity index is 456. The van der Waals surface area contributed by atoms with Crippen LogP contribution in [0.25, 0.3) is 0 Å². The standard InChI is InChI=1S/C14H18N2O3.ClH/c1-17-14-10-12(11-15)2-3-13(14)19-9-6-16-4-7-18-8-5-16;/h2-3,10H,4-9H2,1H3;1H. The Morgan fingerprint density at radius 2 is 2.05 bits per heavy atom. The van der Waals surface area contributed by atoms with Crippen LogP contribution >= 0.6 is 12.4 Å². The molecule has 1 aliphatic rings. The Balaban J connectivity index is 0.00000200. The van der Waals surface area contributed by atoms with Gasteiger partial charge in [-0.3, -0.25) is 4.90 Å². The van der Waals surface area contributed by atoms with Crippen LogP contribution in [0.2, 0.25) is 0 Å². The van der Waals surface area contributed by atoms with E-state index in [1.807, 2.05) is 0 Å². The van der Waals surface area contributed by atoms with Crippen molar-refractivity contribution in [2.45, 2.75) is 0 Å². The molecule has 0 atom stereocenters. The van der Waals surface area contributed by atoms with E-state index in [1.165, 1.54) is 0 Å². The average molecular weight is 299 g/mol. The molecule has 1 fully saturated rings. The molecule has 0 saturated carbocycles. The lowest BCUT2D eigenvalue weighted by Gasteiger charge is -2.26. The summed E-state index contributed by atoms with van der Waals surface area (Å²) < 4.78 is 16.2. The van der Waals surface area contributed by atoms with Crippen LogP contribution < -0.4 is 9.47 Å². The molecule has 0 radical (unpaired) electrons. The Kier molecular flexibility index (Phi) is 7.16. The van der Waals surface area contributed by atoms with Crippen LogP contribution in [-0.4, -0.2) is 51.5 Å². The van der Waals surface area contributed by atoms with Crippen LogP contribution in [0.3, 0.4) is 0 Å². The number of halogens is 1. The molecule has 1 heterocycles. The number of ether oxygens (including phenoxy) is 3. The van der Waals surface area contributed by atoms with E-state index in [2.05, 4.69) is 11.0 Å². The van der Waals surface area contributed by atoms with Gasteiger partial charge in [0.2, 0.25) is 0 Å². The summed E-state index contributed by atoms with van der Waals surface area (Å²) in [6.45, 7) is 4.96. The van der Waals surface area contributed by atoms with E-state index in [-0.39, 0.29) is 12.4 Å². The fourth-order valence-electron chi connectivity index (χ4n) is 1.97. The van der Waals surface area contributed by atoms with E-state index in [0.29, 0.717) is 23.7 Å². The number of nitriles is 1. The van der Waals surface area contributed by atoms with Crippen molar-refractivity contribution in [3.63, 3.8) is 0 Å². The van der Waals surface area contributed by atoms with Crippen molar-refractivity contribution in [1.82, 2.24) is 4.90 Å². The highest BCUT2D eigenvalue weighted by atomic mass is 35.5. The zero-order valence-electron chi connectivity index (χ0n) is 11.5. The van der Waals surface area contributed by atoms with Crippen LogP contribution in [0, 0.1) is 11.3 Å². The third-order valence-corrected chi connectivity index (χ3v) is 3.06. The summed E-state index contributed by atoms with van der Waals surface area (Å²) in [7, 11) is 1.57. The molecule has 1 aromatic rings. The third-order valence-electron chi connectivity index (χ3n) is 3.06. The summed E-state index contributed by atoms with van der Waals surface area (Å²) in [5.41, 5.74) is 0.567. The minimum Gasteiger partial charge on any atom is -0.493 e. The number of rotatable bonds is 5. The van der Waals surface area contributed by atoms with E-state index in [0.717, 1.165) is 32.8 Å². The van der Waals surface area contributed by atoms with Gasteiger partial charge in [-0.1, -0.05) is 0 Å². The van der Waals surface area contributed by atoms with Gasteiger partial charge in [-0.25, -0.2) is 0 Å². The first-order valence-electron chi connectivity index (χ1n) is 6.34. The molecule has 1 aromatic carbocycles. The van der Waals surface area contributed by atoms with Crippen molar-refractivity contribution >= 4 is 12.4 Å². The highest BCUT2D eigenvalue weighted by molar-refractivity contribution is 5.85. The molecule has 20 heavy (non-hydrogen) atoms. The number of morpholine rings is 1. The number of nitrogens with zero attached hydrogens (tertiary/aromatic N) is 2. The average Bonchev–Trinajstić information content (AvgIpc) is 2.48. The van der Waals surface area contributed by atoms with Gasteiger partial charge in [-0.2, -0.15) is 5.26 Å². The predicted octanol–water partition coefficient (Wildman–Crippen LogP) is 1.70. The molecular formula is C14H19ClN2O3. The van der Waals surface area contributed by atoms with Gasteiger partial charge in [0.1, 0.15) is 6.61 Å². The normalized spacial score (nSPS) is 15.0. The second-order valence-corrected chi connectivity index (χ2v) is 4.28. The van der Waals surface area contributed by atoms with Crippen LogP contribution in [0.15, 0.2) is 18.2 Å². The van der Waals surface area contributed by atoms with E-state index >= 15 is 0 Å². The number of benzene rings is 1. The maximum atomic E-state index is 8.83. The van der Waals surface area contributed by atoms with Crippen LogP contribution in [0.5, 0.6) is 11.5 Å². The van der Waals surface area contributed by atoms with E-state index in [1.54, 1.807) is 25.3 Å². The van der Waals surface area contributed by atoms with Crippen molar-refractivity contribution in [1.29, 1.82) is 5.26 Å². The number of hydrogen-bond donors (Lipinski definition) is 0. The Morgan fingerprint density at radius 3 is 2.70 bits per heavy atom. The summed E-state index contributed by atoms with van der Waals surface area (Å²) in [4.78, 5) is 2.31. The van der Waals surface area contributed by atoms with Crippen molar-refractivity contribution in [3.05, 3.63) is 23.8 Å². The second-order valence-electron chi connectivity index (χ2n) is 4.28. The summed E-state index contributed by atoms with van der Waals surface area (Å²) >= 11 is 0. The van der Waals surface area contributed by atoms with E-state index < -0.39 is 0 Å². The lowest BCUT2D eigenvalue weighted by atomic mass is 10.2. The van der Waals surface area contributed by atoms with E-state index in [4.69, 9.17) is 19.5 Å². The van der Waals surface area contributed by atoms with Gasteiger partial charge >= 0.3 is 0 Å². The van der Waals surface area contributed by atoms with Crippen molar-refractivity contribution in [2.24, 2.45) is 0 Å². The third kappa shape index (κ3) is 4.57. The first kappa shape index (κ1) is 16.6. The quantitative estimate of drug-likeness (QED) is 0.828. The summed E-state index contributed by atoms with van der Waals surface area (Å²) in [6.07, 6.45) is 0. The molecule has 0 amide bonds. The van der Waals surface area contributed by atoms with Crippen molar-refractivity contribution < 1.29 is 14.2 Å². The number of hydrogen-bond acceptors (Lipinski definition) is 5. The Hall–Kier alpha value is -1.48. The molecule has 0 aromatic heterocycles. The molecule has 1 aliphatic heterocycles. The van der Waals surface area contributed by atoms with Crippen LogP contribution in [0.1, 0.15) is 5.56 Å². The van der Waals surface area contributed by atoms with Gasteiger partial charge in [0.05, 0.1) is 32.0 Å². The zero-order valence-corrected chi connectivity index (χ0v) is 12.3. The minimum atomic E-state index is 0. The van der Waals surface area contributed by atoms with Gasteiger partial charge in [0.25, 0.3) is 0 Å². The summed E-state index contributed by atoms with van der Waals surface area (Å²) in [5, 5.41) is 8.83. The van der Waals surface area contributed by atoms with Gasteiger partial charge in [-0.05, 0) is 12.1 Å². The van der Waals surface area contributed by atoms with Gasteiger partial charge in [0.15, 0.2) is 11.5 Å². The largest absolute Gasteiger partial charge is 0.493 e. The fraction of sp³-hybridized carbons (Fsp3) is 0.500. The monoisotopic (exact) mass is 298 g/mol. The first-order valence-corrected chi connectivity index (χ1v) is 6.34. The SMILES string of the molecule is COc1cc(C#N)ccc1OCCN1CCOCC1.Cl. The molecule has 1 saturated heterocycles. The smallest absolute Gasteiger partial charge is 0.162 e. The number of methoxy groups -OCH3 is 1. The minimum absolute atomic E-state index is 0. The topological polar surface area (TPSA) is 54.7 Å². The Morgan fingerprint density at radius 1 is 1.30 bits per heavy atom. The molecule has 0 aliphatic carbocycles. The molecule has 0 N–H and O–H groups in total. The lowest BCUT2D eigenvalue weighted by Crippen LogP contribution is -2.38. The van der Waals surface area contributed by atoms with Gasteiger partial charge in [0, 0.05) is 25.7 Å². The van der Waals surface area contributed by atoms with Crippen molar-refractivity contribution in [2.75, 3.05) is 46.6 Å². The lowest BCUT2D eigenvalue weighted by molar-refractivity contribution is 0.0321. The van der Waals surface area contributed by atoms with Crippen LogP contribution in [-0.2, 0) is 4.74 Å². The summed E-state index contributed by atoms with van der Waals surface area (Å²) in [6, 6.07) is 7.27. The predicted molar refractivity (Wildman–Crippen MR) is 77.7 cm³/mol. The van der Waals surface area contributed by atoms with Crippen molar-refractivity contribution in [3.8, 4) is 17.6 Å². The highest BCUT2D eigenvalue weighted by Gasteiger charge is 2.11. The molecule has 5 nitrogen and oxygen atoms in total. The highest BCUT2D eigenvalue weighted by Crippen LogP contribution is 2.27. The molecular weight excluding hydrogens is 280 g/mol. The van der Waals surface area contributed by atoms with Gasteiger partial charge < -0.3 is 14.2 Å². The molecule has 110 valence electrons. The van der Waals surface area contributed by atoms with E-state index in [9.17, 15) is 0 Å². The molecule has 0 bridgehead atoms. The molecule has 6 heteroatoms. The fourth-order valence-corrected chi connectivity index (χ4v) is 1.97. The van der Waals surface area contributed by atoms with Crippen LogP contribution in [0.4, 0.5) is 0 Å². The maximum absolute atomic E-state index is 8.83. The Labute approximate surface area is 125 Å². The maximum Gasteiger partial charge on any atom is 0.162 e. The molecule has 0 spiro atoms. The molecule has 0 unspecified atom stereocenters. The summed E-state index contributed by atoms with van der Waals surface area (Å²) in [5.74, 6) is 1.27. The van der Waals surface area contributed by atoms with Gasteiger partial charge in [-0.15, -0.1) is 12.4 Å². The second kappa shape index (κ2) is 8.64. The molecule has 2 rings (SSSR count).